The molecule has 8 aromatic rings. The number of hydrogen-bond acceptors (Lipinski definition) is 3. The molecule has 7 aromatic carbocycles. The van der Waals surface area contributed by atoms with E-state index in [0.29, 0.717) is 0 Å². The molecule has 0 N–H and O–H groups in total. The molecule has 0 atom stereocenters. The summed E-state index contributed by atoms with van der Waals surface area (Å²) in [5, 5.41) is 10.9. The lowest BCUT2D eigenvalue weighted by atomic mass is 9.99. The van der Waals surface area contributed by atoms with Gasteiger partial charge in [-0.05, 0) is 50.5 Å². The van der Waals surface area contributed by atoms with E-state index in [2.05, 4.69) is 91.0 Å². The fourth-order valence-electron chi connectivity index (χ4n) is 5.53. The van der Waals surface area contributed by atoms with Crippen molar-refractivity contribution >= 4 is 73.3 Å². The highest BCUT2D eigenvalue weighted by molar-refractivity contribution is 7.32. The maximum absolute atomic E-state index is 6.72. The van der Waals surface area contributed by atoms with Crippen molar-refractivity contribution in [3.05, 3.63) is 127 Å². The summed E-state index contributed by atoms with van der Waals surface area (Å²) in [6, 6.07) is 43.9. The third-order valence-corrected chi connectivity index (χ3v) is 8.29. The Bertz CT molecular complexity index is 2080. The summed E-state index contributed by atoms with van der Waals surface area (Å²) in [4.78, 5) is 0. The molecule has 1 aromatic heterocycles. The van der Waals surface area contributed by atoms with Crippen LogP contribution in [0.2, 0.25) is 0 Å². The lowest BCUT2D eigenvalue weighted by Crippen LogP contribution is -1.85. The summed E-state index contributed by atoms with van der Waals surface area (Å²) in [5.74, 6) is 0.774. The van der Waals surface area contributed by atoms with Gasteiger partial charge in [0.2, 0.25) is 0 Å². The summed E-state index contributed by atoms with van der Waals surface area (Å²) < 4.78 is 20.0. The first kappa shape index (κ1) is 21.4. The van der Waals surface area contributed by atoms with Crippen LogP contribution in [0.1, 0.15) is 0 Å². The first-order valence-electron chi connectivity index (χ1n) is 12.6. The van der Waals surface area contributed by atoms with Crippen molar-refractivity contribution in [2.75, 3.05) is 0 Å². The van der Waals surface area contributed by atoms with Gasteiger partial charge in [0.15, 0.2) is 5.75 Å². The molecule has 1 heterocycles. The Kier molecular flexibility index (Phi) is 4.73. The first-order chi connectivity index (χ1) is 18.8. The molecule has 0 spiro atoms. The van der Waals surface area contributed by atoms with Gasteiger partial charge >= 0.3 is 8.24 Å². The molecule has 0 aliphatic heterocycles. The fourth-order valence-corrected chi connectivity index (χ4v) is 6.62. The van der Waals surface area contributed by atoms with Crippen LogP contribution < -0.4 is 4.52 Å². The van der Waals surface area contributed by atoms with Crippen LogP contribution in [0.5, 0.6) is 5.75 Å². The summed E-state index contributed by atoms with van der Waals surface area (Å²) >= 11 is 0. The number of rotatable bonds is 2. The molecule has 0 bridgehead atoms. The second-order valence-corrected chi connectivity index (χ2v) is 10.5. The molecule has 180 valence electrons. The maximum Gasteiger partial charge on any atom is 0.453 e. The third kappa shape index (κ3) is 3.30. The minimum Gasteiger partial charge on any atom is -0.390 e. The lowest BCUT2D eigenvalue weighted by Gasteiger charge is -2.10. The largest absolute Gasteiger partial charge is 0.453 e. The highest BCUT2D eigenvalue weighted by atomic mass is 31.1. The highest BCUT2D eigenvalue weighted by Gasteiger charge is 2.16. The number of benzene rings is 7. The molecule has 38 heavy (non-hydrogen) atoms. The van der Waals surface area contributed by atoms with Crippen molar-refractivity contribution in [3.63, 3.8) is 0 Å². The summed E-state index contributed by atoms with van der Waals surface area (Å²) in [5.41, 5.74) is 1.52. The van der Waals surface area contributed by atoms with Gasteiger partial charge < -0.3 is 12.9 Å². The van der Waals surface area contributed by atoms with Crippen molar-refractivity contribution in [2.24, 2.45) is 0 Å². The second-order valence-electron chi connectivity index (χ2n) is 9.47. The monoisotopic (exact) mass is 508 g/mol. The molecule has 8 rings (SSSR count). The fraction of sp³-hybridized carbons (Fsp3) is 0. The van der Waals surface area contributed by atoms with Crippen molar-refractivity contribution in [2.45, 2.75) is 0 Å². The molecule has 0 fully saturated rings. The Balaban J connectivity index is 1.51. The van der Waals surface area contributed by atoms with Gasteiger partial charge in [0.25, 0.3) is 0 Å². The SMILES string of the molecule is c1ccc2c(Op3oc4ccc5ccccc5c4c4c(ccc5ccccc54)o3)c3ccccc3cc2c1. The average molecular weight is 509 g/mol. The minimum absolute atomic E-state index is 0.759. The predicted octanol–water partition coefficient (Wildman–Crippen LogP) is 10.7. The number of hydrogen-bond donors (Lipinski definition) is 0. The van der Waals surface area contributed by atoms with E-state index in [4.69, 9.17) is 12.9 Å². The first-order valence-corrected chi connectivity index (χ1v) is 13.7. The van der Waals surface area contributed by atoms with Crippen LogP contribution in [-0.4, -0.2) is 0 Å². The van der Waals surface area contributed by atoms with Crippen LogP contribution in [0.4, 0.5) is 0 Å². The summed E-state index contributed by atoms with van der Waals surface area (Å²) in [7, 11) is -1.81. The quantitative estimate of drug-likeness (QED) is 0.218. The van der Waals surface area contributed by atoms with Gasteiger partial charge in [0, 0.05) is 21.5 Å². The Morgan fingerprint density at radius 3 is 1.34 bits per heavy atom. The van der Waals surface area contributed by atoms with Gasteiger partial charge in [-0.3, -0.25) is 0 Å². The van der Waals surface area contributed by atoms with Crippen molar-refractivity contribution in [3.8, 4) is 5.75 Å². The molecule has 0 amide bonds. The van der Waals surface area contributed by atoms with E-state index in [1.165, 1.54) is 0 Å². The van der Waals surface area contributed by atoms with Crippen LogP contribution in [0.15, 0.2) is 136 Å². The molecule has 0 aliphatic rings. The second kappa shape index (κ2) is 8.41. The minimum atomic E-state index is -1.81. The van der Waals surface area contributed by atoms with Crippen LogP contribution in [0, 0.1) is 0 Å². The molecule has 3 nitrogen and oxygen atoms in total. The van der Waals surface area contributed by atoms with Crippen molar-refractivity contribution < 1.29 is 12.9 Å². The molecular weight excluding hydrogens is 487 g/mol. The normalized spacial score (nSPS) is 11.7. The summed E-state index contributed by atoms with van der Waals surface area (Å²) in [6.07, 6.45) is 0. The van der Waals surface area contributed by atoms with Gasteiger partial charge in [-0.15, -0.1) is 0 Å². The molecule has 0 saturated heterocycles. The van der Waals surface area contributed by atoms with Gasteiger partial charge in [-0.2, -0.15) is 0 Å². The van der Waals surface area contributed by atoms with E-state index in [0.717, 1.165) is 70.8 Å². The standard InChI is InChI=1S/C34H21O3P/c1-5-13-26-22(9-1)17-19-30-32(26)33-27-14-6-2-10-23(27)18-20-31(33)36-38(35-30)37-34-28-15-7-3-11-24(28)21-25-12-4-8-16-29(25)34/h1-21H. The maximum atomic E-state index is 6.72. The van der Waals surface area contributed by atoms with Crippen LogP contribution in [0.3, 0.4) is 0 Å². The highest BCUT2D eigenvalue weighted by Crippen LogP contribution is 2.45. The zero-order valence-electron chi connectivity index (χ0n) is 20.3. The van der Waals surface area contributed by atoms with Crippen molar-refractivity contribution in [1.29, 1.82) is 0 Å². The van der Waals surface area contributed by atoms with Gasteiger partial charge in [-0.25, -0.2) is 0 Å². The Morgan fingerprint density at radius 1 is 0.421 bits per heavy atom. The Labute approximate surface area is 219 Å². The Hall–Kier alpha value is -4.72. The average Bonchev–Trinajstić information content (AvgIpc) is 3.13. The molecular formula is C34H21O3P. The zero-order chi connectivity index (χ0) is 25.1. The summed E-state index contributed by atoms with van der Waals surface area (Å²) in [6.45, 7) is 0. The van der Waals surface area contributed by atoms with Crippen LogP contribution in [-0.2, 0) is 0 Å². The van der Waals surface area contributed by atoms with E-state index in [-0.39, 0.29) is 0 Å². The topological polar surface area (TPSA) is 35.5 Å². The number of fused-ring (bicyclic) bond motifs is 9. The predicted molar refractivity (Wildman–Crippen MR) is 159 cm³/mol. The van der Waals surface area contributed by atoms with E-state index in [1.807, 2.05) is 36.4 Å². The molecule has 0 radical (unpaired) electrons. The van der Waals surface area contributed by atoms with E-state index >= 15 is 0 Å². The van der Waals surface area contributed by atoms with Gasteiger partial charge in [0.05, 0.1) is 0 Å². The van der Waals surface area contributed by atoms with E-state index in [1.54, 1.807) is 0 Å². The van der Waals surface area contributed by atoms with E-state index in [9.17, 15) is 0 Å². The van der Waals surface area contributed by atoms with Gasteiger partial charge in [-0.1, -0.05) is 109 Å². The zero-order valence-corrected chi connectivity index (χ0v) is 21.2. The molecule has 0 aliphatic carbocycles. The lowest BCUT2D eigenvalue weighted by molar-refractivity contribution is 0.504. The smallest absolute Gasteiger partial charge is 0.390 e. The third-order valence-electron chi connectivity index (χ3n) is 7.27. The van der Waals surface area contributed by atoms with E-state index < -0.39 is 8.24 Å². The molecule has 0 saturated carbocycles. The molecule has 0 unspecified atom stereocenters. The van der Waals surface area contributed by atoms with Gasteiger partial charge in [0.1, 0.15) is 11.2 Å². The van der Waals surface area contributed by atoms with Crippen LogP contribution >= 0.6 is 8.24 Å². The molecule has 4 heteroatoms. The Morgan fingerprint density at radius 2 is 0.842 bits per heavy atom. The van der Waals surface area contributed by atoms with Crippen LogP contribution in [0.25, 0.3) is 65.0 Å². The van der Waals surface area contributed by atoms with Crippen molar-refractivity contribution in [1.82, 2.24) is 0 Å².